The SMILES string of the molecule is CC(C)c1ccccc1.CC(C)c1ccccc1N.CN.Cc1ccc(C(C)C)cc1.Cc1cccc(C(C)C)c1. The molecule has 4 rings (SSSR count). The van der Waals surface area contributed by atoms with Crippen LogP contribution < -0.4 is 11.5 Å². The zero-order valence-corrected chi connectivity index (χ0v) is 27.8. The second-order valence-electron chi connectivity index (χ2n) is 11.5. The normalized spacial score (nSPS) is 9.95. The quantitative estimate of drug-likeness (QED) is 0.246. The molecule has 0 spiro atoms. The van der Waals surface area contributed by atoms with Gasteiger partial charge in [-0.3, -0.25) is 0 Å². The van der Waals surface area contributed by atoms with Crippen molar-refractivity contribution in [2.45, 2.75) is 92.9 Å². The van der Waals surface area contributed by atoms with E-state index < -0.39 is 0 Å². The number of anilines is 1. The van der Waals surface area contributed by atoms with E-state index in [4.69, 9.17) is 5.73 Å². The van der Waals surface area contributed by atoms with Crippen molar-refractivity contribution in [3.8, 4) is 0 Å². The van der Waals surface area contributed by atoms with Gasteiger partial charge in [-0.25, -0.2) is 0 Å². The van der Waals surface area contributed by atoms with Gasteiger partial charge in [-0.1, -0.05) is 164 Å². The van der Waals surface area contributed by atoms with Crippen molar-refractivity contribution in [1.82, 2.24) is 0 Å². The highest BCUT2D eigenvalue weighted by Crippen LogP contribution is 2.20. The number of hydrogen-bond donors (Lipinski definition) is 2. The molecule has 0 amide bonds. The molecule has 4 aromatic rings. The van der Waals surface area contributed by atoms with E-state index in [0.29, 0.717) is 23.7 Å². The van der Waals surface area contributed by atoms with E-state index in [1.54, 1.807) is 0 Å². The number of nitrogen functional groups attached to an aromatic ring is 1. The number of hydrogen-bond acceptors (Lipinski definition) is 2. The first-order chi connectivity index (χ1) is 19.4. The van der Waals surface area contributed by atoms with Crippen LogP contribution in [-0.4, -0.2) is 7.05 Å². The summed E-state index contributed by atoms with van der Waals surface area (Å²) in [6, 6.07) is 35.9. The molecule has 0 bridgehead atoms. The average molecular weight is 555 g/mol. The Morgan fingerprint density at radius 1 is 0.415 bits per heavy atom. The molecule has 2 nitrogen and oxygen atoms in total. The van der Waals surface area contributed by atoms with E-state index in [9.17, 15) is 0 Å². The first-order valence-electron chi connectivity index (χ1n) is 15.0. The van der Waals surface area contributed by atoms with Crippen LogP contribution in [0, 0.1) is 13.8 Å². The second-order valence-corrected chi connectivity index (χ2v) is 11.5. The van der Waals surface area contributed by atoms with E-state index in [0.717, 1.165) is 5.69 Å². The summed E-state index contributed by atoms with van der Waals surface area (Å²) in [5, 5.41) is 0. The maximum atomic E-state index is 5.72. The van der Waals surface area contributed by atoms with Gasteiger partial charge in [-0.2, -0.15) is 0 Å². The van der Waals surface area contributed by atoms with Crippen molar-refractivity contribution < 1.29 is 0 Å². The molecule has 0 fully saturated rings. The summed E-state index contributed by atoms with van der Waals surface area (Å²) < 4.78 is 0. The highest BCUT2D eigenvalue weighted by atomic mass is 14.6. The third-order valence-electron chi connectivity index (χ3n) is 6.54. The van der Waals surface area contributed by atoms with Crippen LogP contribution in [0.2, 0.25) is 0 Å². The number of nitrogens with two attached hydrogens (primary N) is 2. The van der Waals surface area contributed by atoms with E-state index in [2.05, 4.69) is 154 Å². The van der Waals surface area contributed by atoms with Crippen molar-refractivity contribution in [3.63, 3.8) is 0 Å². The predicted molar refractivity (Wildman–Crippen MR) is 186 cm³/mol. The summed E-state index contributed by atoms with van der Waals surface area (Å²) in [6.45, 7) is 21.8. The van der Waals surface area contributed by atoms with Gasteiger partial charge in [-0.15, -0.1) is 0 Å². The molecule has 224 valence electrons. The lowest BCUT2D eigenvalue weighted by atomic mass is 10.0. The number of aryl methyl sites for hydroxylation is 2. The molecular weight excluding hydrogens is 496 g/mol. The van der Waals surface area contributed by atoms with Gasteiger partial charge >= 0.3 is 0 Å². The molecule has 0 atom stereocenters. The van der Waals surface area contributed by atoms with Gasteiger partial charge in [0.25, 0.3) is 0 Å². The third-order valence-corrected chi connectivity index (χ3v) is 6.54. The van der Waals surface area contributed by atoms with Gasteiger partial charge in [0.2, 0.25) is 0 Å². The maximum absolute atomic E-state index is 5.72. The Balaban J connectivity index is 0.000000510. The molecule has 0 aliphatic rings. The summed E-state index contributed by atoms with van der Waals surface area (Å²) in [7, 11) is 1.50. The molecule has 0 aliphatic carbocycles. The van der Waals surface area contributed by atoms with Crippen molar-refractivity contribution in [2.24, 2.45) is 5.73 Å². The zero-order valence-electron chi connectivity index (χ0n) is 27.8. The van der Waals surface area contributed by atoms with E-state index in [1.165, 1.54) is 40.4 Å². The summed E-state index contributed by atoms with van der Waals surface area (Å²) in [5.41, 5.74) is 19.3. The Morgan fingerprint density at radius 2 is 0.854 bits per heavy atom. The molecule has 0 aliphatic heterocycles. The summed E-state index contributed by atoms with van der Waals surface area (Å²) in [4.78, 5) is 0. The predicted octanol–water partition coefficient (Wildman–Crippen LogP) is 11.0. The molecule has 4 N–H and O–H groups in total. The minimum Gasteiger partial charge on any atom is -0.398 e. The topological polar surface area (TPSA) is 52.0 Å². The smallest absolute Gasteiger partial charge is 0.0349 e. The van der Waals surface area contributed by atoms with Crippen LogP contribution in [0.25, 0.3) is 0 Å². The zero-order chi connectivity index (χ0) is 31.4. The fourth-order valence-corrected chi connectivity index (χ4v) is 3.86. The van der Waals surface area contributed by atoms with Crippen molar-refractivity contribution >= 4 is 5.69 Å². The van der Waals surface area contributed by atoms with Gasteiger partial charge in [-0.05, 0) is 72.9 Å². The van der Waals surface area contributed by atoms with Crippen LogP contribution in [0.3, 0.4) is 0 Å². The minimum atomic E-state index is 0.529. The van der Waals surface area contributed by atoms with Crippen LogP contribution in [0.1, 0.15) is 112 Å². The number of benzene rings is 4. The monoisotopic (exact) mass is 554 g/mol. The van der Waals surface area contributed by atoms with Crippen LogP contribution in [0.15, 0.2) is 103 Å². The number of rotatable bonds is 4. The molecule has 0 radical (unpaired) electrons. The van der Waals surface area contributed by atoms with E-state index >= 15 is 0 Å². The second kappa shape index (κ2) is 21.4. The lowest BCUT2D eigenvalue weighted by molar-refractivity contribution is 0.865. The molecule has 4 aromatic carbocycles. The maximum Gasteiger partial charge on any atom is 0.0349 e. The largest absolute Gasteiger partial charge is 0.398 e. The van der Waals surface area contributed by atoms with Crippen LogP contribution in [0.5, 0.6) is 0 Å². The Labute approximate surface area is 253 Å². The highest BCUT2D eigenvalue weighted by Gasteiger charge is 2.00. The Bertz CT molecular complexity index is 1170. The molecule has 41 heavy (non-hydrogen) atoms. The molecular formula is C39H58N2. The van der Waals surface area contributed by atoms with Gasteiger partial charge in [0.1, 0.15) is 0 Å². The van der Waals surface area contributed by atoms with E-state index in [1.807, 2.05) is 24.3 Å². The lowest BCUT2D eigenvalue weighted by Crippen LogP contribution is -1.94. The first kappa shape index (κ1) is 37.6. The van der Waals surface area contributed by atoms with Crippen LogP contribution >= 0.6 is 0 Å². The number of para-hydroxylation sites is 1. The molecule has 0 aromatic heterocycles. The van der Waals surface area contributed by atoms with E-state index in [-0.39, 0.29) is 0 Å². The molecule has 0 saturated heterocycles. The Morgan fingerprint density at radius 3 is 1.22 bits per heavy atom. The fourth-order valence-electron chi connectivity index (χ4n) is 3.86. The average Bonchev–Trinajstić information content (AvgIpc) is 2.96. The van der Waals surface area contributed by atoms with Gasteiger partial charge in [0, 0.05) is 5.69 Å². The Hall–Kier alpha value is -3.36. The fraction of sp³-hybridized carbons (Fsp3) is 0.385. The molecule has 2 heteroatoms. The van der Waals surface area contributed by atoms with Crippen molar-refractivity contribution in [2.75, 3.05) is 12.8 Å². The molecule has 0 unspecified atom stereocenters. The highest BCUT2D eigenvalue weighted by molar-refractivity contribution is 5.47. The summed E-state index contributed by atoms with van der Waals surface area (Å²) >= 11 is 0. The molecule has 0 heterocycles. The summed E-state index contributed by atoms with van der Waals surface area (Å²) in [5.74, 6) is 2.49. The lowest BCUT2D eigenvalue weighted by Gasteiger charge is -2.07. The minimum absolute atomic E-state index is 0.529. The third kappa shape index (κ3) is 16.5. The first-order valence-corrected chi connectivity index (χ1v) is 15.0. The van der Waals surface area contributed by atoms with Gasteiger partial charge in [0.15, 0.2) is 0 Å². The van der Waals surface area contributed by atoms with Crippen molar-refractivity contribution in [3.05, 3.63) is 137 Å². The van der Waals surface area contributed by atoms with Gasteiger partial charge < -0.3 is 11.5 Å². The molecule has 0 saturated carbocycles. The van der Waals surface area contributed by atoms with Crippen LogP contribution in [-0.2, 0) is 0 Å². The van der Waals surface area contributed by atoms with Gasteiger partial charge in [0.05, 0.1) is 0 Å². The standard InChI is InChI=1S/2C10H14.C9H13N.C9H12.CH5N/c1-8(2)10-6-4-9(3)5-7-10;1-8(2)10-6-4-5-9(3)7-10;1-7(2)8-5-3-4-6-9(8)10;1-8(2)9-6-4-3-5-7-9;1-2/h2*4-8H,1-3H3;3-7H,10H2,1-2H3;3-8H,1-2H3;2H2,1H3. The van der Waals surface area contributed by atoms with Crippen molar-refractivity contribution in [1.29, 1.82) is 0 Å². The summed E-state index contributed by atoms with van der Waals surface area (Å²) in [6.07, 6.45) is 0. The Kier molecular flexibility index (Phi) is 19.6. The van der Waals surface area contributed by atoms with Crippen LogP contribution in [0.4, 0.5) is 5.69 Å².